The SMILES string of the molecule is CN(CCCCCCN)C(=O)C1CCC(n2cc(NC(=O)c3coc(-c4ccnc(NCC5CC5)c4)n3)c(C(F)F)n2)CC1. The first-order valence-corrected chi connectivity index (χ1v) is 15.6. The molecule has 44 heavy (non-hydrogen) atoms. The van der Waals surface area contributed by atoms with Crippen LogP contribution in [0.25, 0.3) is 11.5 Å². The fraction of sp³-hybridized carbons (Fsp3) is 0.581. The van der Waals surface area contributed by atoms with Crippen molar-refractivity contribution in [3.63, 3.8) is 0 Å². The van der Waals surface area contributed by atoms with Gasteiger partial charge in [0.05, 0.1) is 11.7 Å². The Morgan fingerprint density at radius 2 is 1.91 bits per heavy atom. The van der Waals surface area contributed by atoms with Gasteiger partial charge in [0.1, 0.15) is 12.1 Å². The van der Waals surface area contributed by atoms with Gasteiger partial charge in [0.15, 0.2) is 11.4 Å². The summed E-state index contributed by atoms with van der Waals surface area (Å²) in [5.41, 5.74) is 5.56. The van der Waals surface area contributed by atoms with Crippen molar-refractivity contribution in [1.82, 2.24) is 24.6 Å². The molecule has 11 nitrogen and oxygen atoms in total. The van der Waals surface area contributed by atoms with Crippen LogP contribution in [-0.2, 0) is 4.79 Å². The quantitative estimate of drug-likeness (QED) is 0.187. The molecule has 2 saturated carbocycles. The number of unbranched alkanes of at least 4 members (excludes halogenated alkanes) is 3. The number of carbonyl (C=O) groups excluding carboxylic acids is 2. The highest BCUT2D eigenvalue weighted by molar-refractivity contribution is 6.03. The minimum Gasteiger partial charge on any atom is -0.444 e. The van der Waals surface area contributed by atoms with E-state index in [0.29, 0.717) is 49.5 Å². The Bertz CT molecular complexity index is 1400. The van der Waals surface area contributed by atoms with Crippen molar-refractivity contribution in [3.8, 4) is 11.5 Å². The van der Waals surface area contributed by atoms with E-state index in [1.54, 1.807) is 23.2 Å². The van der Waals surface area contributed by atoms with Crippen LogP contribution in [0.5, 0.6) is 0 Å². The molecule has 0 bridgehead atoms. The zero-order chi connectivity index (χ0) is 31.1. The molecule has 0 atom stereocenters. The monoisotopic (exact) mass is 612 g/mol. The van der Waals surface area contributed by atoms with Crippen LogP contribution in [0.3, 0.4) is 0 Å². The van der Waals surface area contributed by atoms with Gasteiger partial charge in [-0.25, -0.2) is 18.7 Å². The second-order valence-corrected chi connectivity index (χ2v) is 11.9. The molecular weight excluding hydrogens is 570 g/mol. The lowest BCUT2D eigenvalue weighted by Crippen LogP contribution is -2.36. The van der Waals surface area contributed by atoms with Crippen molar-refractivity contribution < 1.29 is 22.8 Å². The minimum absolute atomic E-state index is 0.0419. The number of oxazole rings is 1. The van der Waals surface area contributed by atoms with E-state index in [1.165, 1.54) is 30.0 Å². The van der Waals surface area contributed by atoms with Crippen LogP contribution in [0.15, 0.2) is 35.2 Å². The first-order valence-electron chi connectivity index (χ1n) is 15.6. The van der Waals surface area contributed by atoms with E-state index >= 15 is 0 Å². The molecular formula is C31H42F2N8O3. The Labute approximate surface area is 256 Å². The van der Waals surface area contributed by atoms with Crippen LogP contribution >= 0.6 is 0 Å². The predicted octanol–water partition coefficient (Wildman–Crippen LogP) is 5.65. The largest absolute Gasteiger partial charge is 0.444 e. The third kappa shape index (κ3) is 8.19. The van der Waals surface area contributed by atoms with Gasteiger partial charge in [-0.1, -0.05) is 12.8 Å². The topological polar surface area (TPSA) is 144 Å². The van der Waals surface area contributed by atoms with Crippen molar-refractivity contribution >= 4 is 23.3 Å². The molecule has 0 aliphatic heterocycles. The summed E-state index contributed by atoms with van der Waals surface area (Å²) < 4.78 is 34.9. The number of nitrogens with zero attached hydrogens (tertiary/aromatic N) is 5. The number of hydrogen-bond acceptors (Lipinski definition) is 8. The van der Waals surface area contributed by atoms with Crippen molar-refractivity contribution in [2.24, 2.45) is 17.6 Å². The average Bonchev–Trinajstić information content (AvgIpc) is 3.55. The van der Waals surface area contributed by atoms with Gasteiger partial charge in [-0.15, -0.1) is 0 Å². The molecule has 2 amide bonds. The Kier molecular flexibility index (Phi) is 10.6. The fourth-order valence-corrected chi connectivity index (χ4v) is 5.63. The number of pyridine rings is 1. The lowest BCUT2D eigenvalue weighted by molar-refractivity contribution is -0.135. The molecule has 4 N–H and O–H groups in total. The maximum atomic E-state index is 13.9. The van der Waals surface area contributed by atoms with Gasteiger partial charge in [0, 0.05) is 44.0 Å². The van der Waals surface area contributed by atoms with E-state index in [0.717, 1.165) is 38.8 Å². The lowest BCUT2D eigenvalue weighted by Gasteiger charge is -2.30. The van der Waals surface area contributed by atoms with Gasteiger partial charge >= 0.3 is 0 Å². The molecule has 2 aliphatic carbocycles. The molecule has 2 aliphatic rings. The molecule has 0 radical (unpaired) electrons. The standard InChI is InChI=1S/C31H42F2N8O3/c1-40(15-5-3-2-4-13-34)31(43)21-8-10-23(11-9-21)41-18-24(27(39-41)28(32)33)37-29(42)25-19-44-30(38-25)22-12-14-35-26(16-22)36-17-20-6-7-20/h12,14,16,18-21,23,28H,2-11,13,15,17,34H2,1H3,(H,35,36)(H,37,42). The molecule has 0 saturated heterocycles. The molecule has 2 fully saturated rings. The maximum Gasteiger partial charge on any atom is 0.284 e. The molecule has 5 rings (SSSR count). The van der Waals surface area contributed by atoms with Crippen molar-refractivity contribution in [2.75, 3.05) is 37.3 Å². The van der Waals surface area contributed by atoms with E-state index in [4.69, 9.17) is 10.2 Å². The second-order valence-electron chi connectivity index (χ2n) is 11.9. The van der Waals surface area contributed by atoms with Crippen molar-refractivity contribution in [3.05, 3.63) is 42.2 Å². The summed E-state index contributed by atoms with van der Waals surface area (Å²) in [5, 5.41) is 9.97. The number of rotatable bonds is 15. The summed E-state index contributed by atoms with van der Waals surface area (Å²) in [5.74, 6) is 0.957. The summed E-state index contributed by atoms with van der Waals surface area (Å²) in [7, 11) is 1.84. The van der Waals surface area contributed by atoms with Crippen LogP contribution in [-0.4, -0.2) is 63.1 Å². The molecule has 0 aromatic carbocycles. The molecule has 13 heteroatoms. The lowest BCUT2D eigenvalue weighted by atomic mass is 9.85. The van der Waals surface area contributed by atoms with Crippen molar-refractivity contribution in [2.45, 2.75) is 76.7 Å². The first kappa shape index (κ1) is 31.6. The number of anilines is 2. The first-order chi connectivity index (χ1) is 21.3. The fourth-order valence-electron chi connectivity index (χ4n) is 5.63. The minimum atomic E-state index is -2.88. The van der Waals surface area contributed by atoms with Crippen LogP contribution in [0.1, 0.15) is 92.9 Å². The molecule has 0 unspecified atom stereocenters. The molecule has 3 heterocycles. The van der Waals surface area contributed by atoms with Crippen molar-refractivity contribution in [1.29, 1.82) is 0 Å². The number of nitrogens with one attached hydrogen (secondary N) is 2. The normalized spacial score (nSPS) is 18.4. The number of amides is 2. The molecule has 0 spiro atoms. The number of hydrogen-bond donors (Lipinski definition) is 3. The van der Waals surface area contributed by atoms with E-state index in [-0.39, 0.29) is 35.1 Å². The van der Waals surface area contributed by atoms with Crippen LogP contribution < -0.4 is 16.4 Å². The summed E-state index contributed by atoms with van der Waals surface area (Å²) in [4.78, 5) is 36.3. The number of halogens is 2. The Hall–Kier alpha value is -3.87. The van der Waals surface area contributed by atoms with Gasteiger partial charge in [-0.2, -0.15) is 5.10 Å². The smallest absolute Gasteiger partial charge is 0.284 e. The number of carbonyl (C=O) groups is 2. The summed E-state index contributed by atoms with van der Waals surface area (Å²) in [6.07, 6.45) is 10.5. The third-order valence-electron chi connectivity index (χ3n) is 8.47. The van der Waals surface area contributed by atoms with E-state index in [1.807, 2.05) is 7.05 Å². The summed E-state index contributed by atoms with van der Waals surface area (Å²) in [6, 6.07) is 3.37. The Morgan fingerprint density at radius 3 is 2.64 bits per heavy atom. The van der Waals surface area contributed by atoms with Gasteiger partial charge in [0.2, 0.25) is 11.8 Å². The highest BCUT2D eigenvalue weighted by Gasteiger charge is 2.31. The van der Waals surface area contributed by atoms with Gasteiger partial charge in [-0.05, 0) is 76.0 Å². The molecule has 3 aromatic heterocycles. The number of aromatic nitrogens is 4. The molecule has 238 valence electrons. The van der Waals surface area contributed by atoms with Gasteiger partial charge in [-0.3, -0.25) is 14.3 Å². The van der Waals surface area contributed by atoms with Crippen LogP contribution in [0.2, 0.25) is 0 Å². The van der Waals surface area contributed by atoms with Crippen LogP contribution in [0, 0.1) is 11.8 Å². The van der Waals surface area contributed by atoms with E-state index in [9.17, 15) is 18.4 Å². The third-order valence-corrected chi connectivity index (χ3v) is 8.47. The summed E-state index contributed by atoms with van der Waals surface area (Å²) in [6.45, 7) is 2.26. The number of nitrogens with two attached hydrogens (primary N) is 1. The van der Waals surface area contributed by atoms with E-state index in [2.05, 4.69) is 25.7 Å². The zero-order valence-electron chi connectivity index (χ0n) is 25.2. The average molecular weight is 613 g/mol. The zero-order valence-corrected chi connectivity index (χ0v) is 25.2. The maximum absolute atomic E-state index is 13.9. The Morgan fingerprint density at radius 1 is 1.14 bits per heavy atom. The molecule has 3 aromatic rings. The van der Waals surface area contributed by atoms with Crippen LogP contribution in [0.4, 0.5) is 20.3 Å². The predicted molar refractivity (Wildman–Crippen MR) is 162 cm³/mol. The second kappa shape index (κ2) is 14.7. The highest BCUT2D eigenvalue weighted by atomic mass is 19.3. The van der Waals surface area contributed by atoms with Gasteiger partial charge < -0.3 is 25.7 Å². The summed E-state index contributed by atoms with van der Waals surface area (Å²) >= 11 is 0. The Balaban J connectivity index is 1.16. The highest BCUT2D eigenvalue weighted by Crippen LogP contribution is 2.36. The van der Waals surface area contributed by atoms with Gasteiger partial charge in [0.25, 0.3) is 12.3 Å². The number of alkyl halides is 2. The van der Waals surface area contributed by atoms with E-state index < -0.39 is 18.0 Å².